The Morgan fingerprint density at radius 3 is 2.43 bits per heavy atom. The van der Waals surface area contributed by atoms with Crippen molar-refractivity contribution in [1.82, 2.24) is 15.2 Å². The largest absolute Gasteiger partial charge is 0.490 e. The zero-order chi connectivity index (χ0) is 25.8. The van der Waals surface area contributed by atoms with Gasteiger partial charge in [0.25, 0.3) is 5.91 Å². The minimum Gasteiger partial charge on any atom is -0.490 e. The average Bonchev–Trinajstić information content (AvgIpc) is 2.89. The molecule has 2 heterocycles. The first kappa shape index (κ1) is 25.0. The average molecular weight is 498 g/mol. The van der Waals surface area contributed by atoms with Gasteiger partial charge in [0, 0.05) is 41.7 Å². The van der Waals surface area contributed by atoms with E-state index in [1.54, 1.807) is 24.4 Å². The van der Waals surface area contributed by atoms with Crippen LogP contribution in [0.25, 0.3) is 0 Å². The number of nitrogens with one attached hydrogen (secondary N) is 2. The highest BCUT2D eigenvalue weighted by molar-refractivity contribution is 6.14. The summed E-state index contributed by atoms with van der Waals surface area (Å²) in [4.78, 5) is 20.1. The molecule has 1 amide bonds. The number of anilines is 1. The van der Waals surface area contributed by atoms with Crippen molar-refractivity contribution in [3.05, 3.63) is 89.2 Å². The molecule has 7 nitrogen and oxygen atoms in total. The fraction of sp³-hybridized carbons (Fsp3) is 0.367. The highest BCUT2D eigenvalue weighted by atomic mass is 16.5. The predicted octanol–water partition coefficient (Wildman–Crippen LogP) is 4.82. The molecular weight excluding hydrogens is 462 g/mol. The molecule has 1 atom stereocenters. The third-order valence-electron chi connectivity index (χ3n) is 7.61. The molecule has 2 aliphatic rings. The molecule has 1 saturated carbocycles. The Labute approximate surface area is 218 Å². The number of pyridine rings is 1. The first-order valence-electron chi connectivity index (χ1n) is 13.1. The van der Waals surface area contributed by atoms with E-state index in [0.29, 0.717) is 22.7 Å². The summed E-state index contributed by atoms with van der Waals surface area (Å²) in [5, 5.41) is 12.0. The van der Waals surface area contributed by atoms with Crippen LogP contribution in [-0.2, 0) is 0 Å². The van der Waals surface area contributed by atoms with Gasteiger partial charge in [-0.25, -0.2) is 0 Å². The lowest BCUT2D eigenvalue weighted by Crippen LogP contribution is -2.36. The van der Waals surface area contributed by atoms with Gasteiger partial charge >= 0.3 is 0 Å². The fourth-order valence-corrected chi connectivity index (χ4v) is 5.06. The second-order valence-electron chi connectivity index (χ2n) is 10.2. The number of carbonyl (C=O) groups is 1. The number of nitrogens with zero attached hydrogens (tertiary/aromatic N) is 2. The summed E-state index contributed by atoms with van der Waals surface area (Å²) in [5.41, 5.74) is 9.62. The van der Waals surface area contributed by atoms with Crippen LogP contribution in [0.15, 0.2) is 66.9 Å². The Kier molecular flexibility index (Phi) is 7.51. The molecule has 3 aromatic rings. The Hall–Kier alpha value is -3.71. The number of likely N-dealkylation sites (tertiary alicyclic amines) is 1. The quantitative estimate of drug-likeness (QED) is 0.306. The van der Waals surface area contributed by atoms with Gasteiger partial charge in [0.05, 0.1) is 17.4 Å². The first-order valence-corrected chi connectivity index (χ1v) is 13.1. The smallest absolute Gasteiger partial charge is 0.251 e. The highest BCUT2D eigenvalue weighted by Crippen LogP contribution is 2.37. The monoisotopic (exact) mass is 497 g/mol. The van der Waals surface area contributed by atoms with Crippen LogP contribution in [0.1, 0.15) is 65.3 Å². The number of ether oxygens (including phenoxy) is 1. The van der Waals surface area contributed by atoms with Crippen molar-refractivity contribution < 1.29 is 9.53 Å². The molecule has 1 aliphatic carbocycles. The van der Waals surface area contributed by atoms with E-state index in [9.17, 15) is 4.79 Å². The summed E-state index contributed by atoms with van der Waals surface area (Å²) in [6.45, 7) is 2.08. The fourth-order valence-electron chi connectivity index (χ4n) is 5.06. The molecule has 1 aromatic heterocycles. The van der Waals surface area contributed by atoms with Crippen LogP contribution in [0.5, 0.6) is 5.75 Å². The number of hydrogen-bond acceptors (Lipinski definition) is 6. The van der Waals surface area contributed by atoms with E-state index in [1.165, 1.54) is 6.42 Å². The molecule has 0 radical (unpaired) electrons. The molecule has 7 heteroatoms. The molecule has 1 saturated heterocycles. The number of amides is 1. The summed E-state index contributed by atoms with van der Waals surface area (Å²) < 4.78 is 6.15. The van der Waals surface area contributed by atoms with Gasteiger partial charge in [-0.2, -0.15) is 0 Å². The number of aromatic nitrogens is 1. The number of hydrogen-bond donors (Lipinski definition) is 3. The second kappa shape index (κ2) is 11.1. The zero-order valence-corrected chi connectivity index (χ0v) is 21.3. The van der Waals surface area contributed by atoms with Gasteiger partial charge in [-0.15, -0.1) is 0 Å². The van der Waals surface area contributed by atoms with Gasteiger partial charge in [0.2, 0.25) is 0 Å². The number of benzene rings is 2. The summed E-state index contributed by atoms with van der Waals surface area (Å²) in [5.74, 6) is 1.02. The number of nitrogen functional groups attached to an aromatic ring is 1. The number of rotatable bonds is 8. The SMILES string of the molecule is CN1CCC(Oc2ccc(C(=N)c3cc(C(=O)NC(c4ccccn4)C4CCC4)ccc3N)cc2)CC1. The lowest BCUT2D eigenvalue weighted by atomic mass is 9.78. The van der Waals surface area contributed by atoms with E-state index >= 15 is 0 Å². The van der Waals surface area contributed by atoms with Crippen molar-refractivity contribution in [3.63, 3.8) is 0 Å². The van der Waals surface area contributed by atoms with Crippen molar-refractivity contribution in [2.24, 2.45) is 5.92 Å². The summed E-state index contributed by atoms with van der Waals surface area (Å²) in [7, 11) is 2.13. The molecule has 37 heavy (non-hydrogen) atoms. The predicted molar refractivity (Wildman–Crippen MR) is 146 cm³/mol. The van der Waals surface area contributed by atoms with E-state index in [1.807, 2.05) is 42.5 Å². The lowest BCUT2D eigenvalue weighted by Gasteiger charge is -2.34. The van der Waals surface area contributed by atoms with E-state index < -0.39 is 0 Å². The number of piperidine rings is 1. The highest BCUT2D eigenvalue weighted by Gasteiger charge is 2.31. The molecule has 2 fully saturated rings. The van der Waals surface area contributed by atoms with Gasteiger partial charge in [-0.05, 0) is 93.2 Å². The topological polar surface area (TPSA) is 104 Å². The Balaban J connectivity index is 1.29. The minimum atomic E-state index is -0.182. The maximum Gasteiger partial charge on any atom is 0.251 e. The van der Waals surface area contributed by atoms with Crippen molar-refractivity contribution in [2.75, 3.05) is 25.9 Å². The molecule has 1 aliphatic heterocycles. The van der Waals surface area contributed by atoms with Crippen LogP contribution in [0.2, 0.25) is 0 Å². The molecule has 1 unspecified atom stereocenters. The van der Waals surface area contributed by atoms with Crippen molar-refractivity contribution in [3.8, 4) is 5.75 Å². The summed E-state index contributed by atoms with van der Waals surface area (Å²) in [6, 6.07) is 18.4. The van der Waals surface area contributed by atoms with E-state index in [0.717, 1.165) is 55.8 Å². The third kappa shape index (κ3) is 5.83. The molecule has 0 spiro atoms. The molecule has 0 bridgehead atoms. The molecule has 192 valence electrons. The van der Waals surface area contributed by atoms with Crippen LogP contribution in [-0.4, -0.2) is 47.7 Å². The Bertz CT molecular complexity index is 1230. The first-order chi connectivity index (χ1) is 18.0. The maximum atomic E-state index is 13.3. The normalized spacial score (nSPS) is 17.5. The van der Waals surface area contributed by atoms with E-state index in [-0.39, 0.29) is 23.8 Å². The molecule has 5 rings (SSSR count). The third-order valence-corrected chi connectivity index (χ3v) is 7.61. The van der Waals surface area contributed by atoms with Crippen LogP contribution in [0.4, 0.5) is 5.69 Å². The lowest BCUT2D eigenvalue weighted by molar-refractivity contribution is 0.0898. The molecule has 4 N–H and O–H groups in total. The van der Waals surface area contributed by atoms with Crippen molar-refractivity contribution in [2.45, 2.75) is 44.2 Å². The summed E-state index contributed by atoms with van der Waals surface area (Å²) in [6.07, 6.45) is 7.35. The summed E-state index contributed by atoms with van der Waals surface area (Å²) >= 11 is 0. The maximum absolute atomic E-state index is 13.3. The van der Waals surface area contributed by atoms with Crippen LogP contribution in [0, 0.1) is 11.3 Å². The number of carbonyl (C=O) groups excluding carboxylic acids is 1. The van der Waals surface area contributed by atoms with Gasteiger partial charge in [0.15, 0.2) is 0 Å². The number of nitrogens with two attached hydrogens (primary N) is 1. The van der Waals surface area contributed by atoms with Gasteiger partial charge in [-0.3, -0.25) is 15.2 Å². The van der Waals surface area contributed by atoms with Crippen molar-refractivity contribution in [1.29, 1.82) is 5.41 Å². The van der Waals surface area contributed by atoms with Gasteiger partial charge < -0.3 is 20.7 Å². The van der Waals surface area contributed by atoms with Crippen LogP contribution >= 0.6 is 0 Å². The molecule has 2 aromatic carbocycles. The Morgan fingerprint density at radius 1 is 1.05 bits per heavy atom. The van der Waals surface area contributed by atoms with Crippen molar-refractivity contribution >= 4 is 17.3 Å². The standard InChI is InChI=1S/C30H35N5O2/c1-35-17-14-24(15-18-35)37-23-11-8-20(9-12-23)28(32)25-19-22(10-13-26(25)31)30(36)34-29(21-5-4-6-21)27-7-2-3-16-33-27/h2-3,7-13,16,19,21,24,29,32H,4-6,14-15,17-18,31H2,1H3,(H,34,36). The molecular formula is C30H35N5O2. The zero-order valence-electron chi connectivity index (χ0n) is 21.3. The Morgan fingerprint density at radius 2 is 1.78 bits per heavy atom. The van der Waals surface area contributed by atoms with Crippen LogP contribution < -0.4 is 15.8 Å². The second-order valence-corrected chi connectivity index (χ2v) is 10.2. The van der Waals surface area contributed by atoms with Gasteiger partial charge in [0.1, 0.15) is 11.9 Å². The van der Waals surface area contributed by atoms with Crippen LogP contribution in [0.3, 0.4) is 0 Å². The van der Waals surface area contributed by atoms with Gasteiger partial charge in [-0.1, -0.05) is 12.5 Å². The minimum absolute atomic E-state index is 0.125. The van der Waals surface area contributed by atoms with E-state index in [2.05, 4.69) is 22.2 Å². The van der Waals surface area contributed by atoms with E-state index in [4.69, 9.17) is 15.9 Å².